The van der Waals surface area contributed by atoms with E-state index in [4.69, 9.17) is 25.5 Å². The molecule has 0 saturated carbocycles. The molecule has 4 rings (SSSR count). The van der Waals surface area contributed by atoms with E-state index < -0.39 is 5.91 Å². The van der Waals surface area contributed by atoms with Crippen molar-refractivity contribution in [1.29, 1.82) is 0 Å². The highest BCUT2D eigenvalue weighted by Gasteiger charge is 2.20. The molecule has 170 valence electrons. The molecule has 0 radical (unpaired) electrons. The fraction of sp³-hybridized carbons (Fsp3) is 0.217. The predicted molar refractivity (Wildman–Crippen MR) is 123 cm³/mol. The maximum absolute atomic E-state index is 12.9. The van der Waals surface area contributed by atoms with Gasteiger partial charge in [-0.25, -0.2) is 9.67 Å². The quantitative estimate of drug-likeness (QED) is 0.426. The SMILES string of the molecule is COc1ccc(OC)c(NC(=O)c2nnn(Cc3nc(-c4cccc(Cl)c4)oc3C)c2C)c1. The first kappa shape index (κ1) is 22.3. The zero-order valence-corrected chi connectivity index (χ0v) is 19.3. The van der Waals surface area contributed by atoms with Crippen LogP contribution in [0.3, 0.4) is 0 Å². The second kappa shape index (κ2) is 9.33. The number of carbonyl (C=O) groups excluding carboxylic acids is 1. The molecule has 2 aromatic carbocycles. The van der Waals surface area contributed by atoms with Gasteiger partial charge in [0.2, 0.25) is 5.89 Å². The molecule has 4 aromatic rings. The molecule has 0 spiro atoms. The van der Waals surface area contributed by atoms with Crippen molar-refractivity contribution in [2.75, 3.05) is 19.5 Å². The second-order valence-electron chi connectivity index (χ2n) is 7.23. The number of rotatable bonds is 7. The number of methoxy groups -OCH3 is 2. The van der Waals surface area contributed by atoms with Crippen LogP contribution in [0.25, 0.3) is 11.5 Å². The summed E-state index contributed by atoms with van der Waals surface area (Å²) in [5.41, 5.74) is 2.70. The first-order valence-electron chi connectivity index (χ1n) is 10.0. The zero-order chi connectivity index (χ0) is 23.5. The van der Waals surface area contributed by atoms with Crippen molar-refractivity contribution in [2.45, 2.75) is 20.4 Å². The fourth-order valence-corrected chi connectivity index (χ4v) is 3.47. The number of benzene rings is 2. The lowest BCUT2D eigenvalue weighted by molar-refractivity contribution is 0.102. The van der Waals surface area contributed by atoms with E-state index in [9.17, 15) is 4.79 Å². The van der Waals surface area contributed by atoms with Crippen molar-refractivity contribution in [3.63, 3.8) is 0 Å². The van der Waals surface area contributed by atoms with Crippen LogP contribution in [-0.2, 0) is 6.54 Å². The minimum absolute atomic E-state index is 0.191. The monoisotopic (exact) mass is 467 g/mol. The number of nitrogens with zero attached hydrogens (tertiary/aromatic N) is 4. The molecule has 0 bridgehead atoms. The van der Waals surface area contributed by atoms with E-state index in [1.165, 1.54) is 7.11 Å². The average molecular weight is 468 g/mol. The lowest BCUT2D eigenvalue weighted by Crippen LogP contribution is -2.15. The second-order valence-corrected chi connectivity index (χ2v) is 7.67. The molecular formula is C23H22ClN5O4. The van der Waals surface area contributed by atoms with E-state index in [1.807, 2.05) is 19.1 Å². The molecule has 33 heavy (non-hydrogen) atoms. The Bertz CT molecular complexity index is 1310. The van der Waals surface area contributed by atoms with Crippen LogP contribution in [0.1, 0.15) is 27.6 Å². The Morgan fingerprint density at radius 3 is 2.70 bits per heavy atom. The molecule has 0 unspecified atom stereocenters. The molecular weight excluding hydrogens is 446 g/mol. The summed E-state index contributed by atoms with van der Waals surface area (Å²) in [6.07, 6.45) is 0. The molecule has 0 aliphatic heterocycles. The van der Waals surface area contributed by atoms with Gasteiger partial charge in [0.05, 0.1) is 32.1 Å². The number of anilines is 1. The molecule has 0 saturated heterocycles. The van der Waals surface area contributed by atoms with Crippen molar-refractivity contribution in [3.8, 4) is 23.0 Å². The Kier molecular flexibility index (Phi) is 6.32. The Morgan fingerprint density at radius 2 is 1.97 bits per heavy atom. The first-order chi connectivity index (χ1) is 15.9. The molecule has 2 heterocycles. The summed E-state index contributed by atoms with van der Waals surface area (Å²) in [6, 6.07) is 12.4. The van der Waals surface area contributed by atoms with E-state index in [0.29, 0.717) is 51.8 Å². The van der Waals surface area contributed by atoms with Crippen LogP contribution in [0.2, 0.25) is 5.02 Å². The van der Waals surface area contributed by atoms with Crippen LogP contribution < -0.4 is 14.8 Å². The Hall–Kier alpha value is -3.85. The molecule has 10 heteroatoms. The van der Waals surface area contributed by atoms with Crippen molar-refractivity contribution in [1.82, 2.24) is 20.0 Å². The van der Waals surface area contributed by atoms with Gasteiger partial charge in [-0.15, -0.1) is 5.10 Å². The summed E-state index contributed by atoms with van der Waals surface area (Å²) >= 11 is 6.07. The van der Waals surface area contributed by atoms with Gasteiger partial charge < -0.3 is 19.2 Å². The Labute approximate surface area is 195 Å². The van der Waals surface area contributed by atoms with Gasteiger partial charge in [0.1, 0.15) is 23.0 Å². The van der Waals surface area contributed by atoms with Gasteiger partial charge in [-0.05, 0) is 44.2 Å². The number of oxazole rings is 1. The topological polar surface area (TPSA) is 104 Å². The third-order valence-electron chi connectivity index (χ3n) is 5.12. The van der Waals surface area contributed by atoms with Gasteiger partial charge in [-0.3, -0.25) is 4.79 Å². The highest BCUT2D eigenvalue weighted by atomic mass is 35.5. The van der Waals surface area contributed by atoms with Crippen LogP contribution in [-0.4, -0.2) is 40.1 Å². The lowest BCUT2D eigenvalue weighted by atomic mass is 10.2. The minimum Gasteiger partial charge on any atom is -0.497 e. The number of nitrogens with one attached hydrogen (secondary N) is 1. The lowest BCUT2D eigenvalue weighted by Gasteiger charge is -2.11. The maximum atomic E-state index is 12.9. The number of carbonyl (C=O) groups is 1. The maximum Gasteiger partial charge on any atom is 0.278 e. The van der Waals surface area contributed by atoms with E-state index in [1.54, 1.807) is 49.0 Å². The van der Waals surface area contributed by atoms with Crippen LogP contribution >= 0.6 is 11.6 Å². The average Bonchev–Trinajstić information content (AvgIpc) is 3.36. The van der Waals surface area contributed by atoms with Gasteiger partial charge in [0.25, 0.3) is 5.91 Å². The van der Waals surface area contributed by atoms with Crippen LogP contribution in [0, 0.1) is 13.8 Å². The van der Waals surface area contributed by atoms with Gasteiger partial charge in [-0.2, -0.15) is 0 Å². The Morgan fingerprint density at radius 1 is 1.15 bits per heavy atom. The highest BCUT2D eigenvalue weighted by Crippen LogP contribution is 2.29. The number of amides is 1. The third-order valence-corrected chi connectivity index (χ3v) is 5.35. The van der Waals surface area contributed by atoms with Crippen molar-refractivity contribution in [3.05, 3.63) is 70.3 Å². The molecule has 2 aromatic heterocycles. The van der Waals surface area contributed by atoms with Gasteiger partial charge in [0.15, 0.2) is 5.69 Å². The number of ether oxygens (including phenoxy) is 2. The van der Waals surface area contributed by atoms with Crippen molar-refractivity contribution in [2.24, 2.45) is 0 Å². The molecule has 1 N–H and O–H groups in total. The van der Waals surface area contributed by atoms with Crippen molar-refractivity contribution < 1.29 is 18.7 Å². The molecule has 0 fully saturated rings. The van der Waals surface area contributed by atoms with Crippen LogP contribution in [0.5, 0.6) is 11.5 Å². The number of halogens is 1. The molecule has 0 aliphatic rings. The van der Waals surface area contributed by atoms with E-state index in [2.05, 4.69) is 20.6 Å². The van der Waals surface area contributed by atoms with Crippen LogP contribution in [0.4, 0.5) is 5.69 Å². The number of hydrogen-bond donors (Lipinski definition) is 1. The minimum atomic E-state index is -0.415. The summed E-state index contributed by atoms with van der Waals surface area (Å²) in [4.78, 5) is 17.5. The van der Waals surface area contributed by atoms with Crippen LogP contribution in [0.15, 0.2) is 46.9 Å². The highest BCUT2D eigenvalue weighted by molar-refractivity contribution is 6.30. The van der Waals surface area contributed by atoms with E-state index in [-0.39, 0.29) is 5.69 Å². The van der Waals surface area contributed by atoms with Gasteiger partial charge in [-0.1, -0.05) is 22.9 Å². The zero-order valence-electron chi connectivity index (χ0n) is 18.5. The standard InChI is InChI=1S/C23H22ClN5O4/c1-13-21(22(30)25-18-11-17(31-3)8-9-20(18)32-4)27-28-29(13)12-19-14(2)33-23(26-19)15-6-5-7-16(24)10-15/h5-11H,12H2,1-4H3,(H,25,30). The summed E-state index contributed by atoms with van der Waals surface area (Å²) < 4.78 is 18.0. The summed E-state index contributed by atoms with van der Waals surface area (Å²) in [6.45, 7) is 3.89. The van der Waals surface area contributed by atoms with Gasteiger partial charge in [0, 0.05) is 16.7 Å². The smallest absolute Gasteiger partial charge is 0.278 e. The number of aromatic nitrogens is 4. The molecule has 1 amide bonds. The van der Waals surface area contributed by atoms with Crippen molar-refractivity contribution >= 4 is 23.2 Å². The van der Waals surface area contributed by atoms with E-state index in [0.717, 1.165) is 5.56 Å². The summed E-state index contributed by atoms with van der Waals surface area (Å²) in [5.74, 6) is 1.78. The summed E-state index contributed by atoms with van der Waals surface area (Å²) in [5, 5.41) is 11.6. The number of aryl methyl sites for hydroxylation is 1. The molecule has 0 aliphatic carbocycles. The normalized spacial score (nSPS) is 10.8. The number of hydrogen-bond acceptors (Lipinski definition) is 7. The largest absolute Gasteiger partial charge is 0.497 e. The van der Waals surface area contributed by atoms with Gasteiger partial charge >= 0.3 is 0 Å². The fourth-order valence-electron chi connectivity index (χ4n) is 3.28. The third kappa shape index (κ3) is 4.68. The molecule has 0 atom stereocenters. The Balaban J connectivity index is 1.55. The van der Waals surface area contributed by atoms with E-state index >= 15 is 0 Å². The predicted octanol–water partition coefficient (Wildman–Crippen LogP) is 4.52. The summed E-state index contributed by atoms with van der Waals surface area (Å²) in [7, 11) is 3.07. The molecule has 9 nitrogen and oxygen atoms in total. The first-order valence-corrected chi connectivity index (χ1v) is 10.4.